The molecule has 1 atom stereocenters. The number of primary amides is 1. The van der Waals surface area contributed by atoms with E-state index in [0.717, 1.165) is 37.1 Å². The Hall–Kier alpha value is -1.44. The summed E-state index contributed by atoms with van der Waals surface area (Å²) in [4.78, 5) is 12.9. The first kappa shape index (κ1) is 17.0. The number of aromatic nitrogens is 2. The summed E-state index contributed by atoms with van der Waals surface area (Å²) in [7, 11) is 0. The minimum absolute atomic E-state index is 0.271. The van der Waals surface area contributed by atoms with Crippen LogP contribution in [0.4, 0.5) is 0 Å². The van der Waals surface area contributed by atoms with Crippen LogP contribution in [0, 0.1) is 5.92 Å². The lowest BCUT2D eigenvalue weighted by Crippen LogP contribution is -2.15. The second-order valence-electron chi connectivity index (χ2n) is 6.15. The number of nitrogens with two attached hydrogens (primary N) is 1. The maximum Gasteiger partial charge on any atom is 0.270 e. The Morgan fingerprint density at radius 2 is 2.08 bits per heavy atom. The standard InChI is InChI=1S/C18H16BrN3OS2/c19-12-3-1-11(2-4-12)15-8-13-14(7-10-5-6-24-9-10)21-22-16(18(20)23)17(13)25-15/h1-4,8,10H,5-7,9H2,(H2,20,23). The van der Waals surface area contributed by atoms with E-state index in [2.05, 4.69) is 44.3 Å². The zero-order valence-corrected chi connectivity index (χ0v) is 16.6. The summed E-state index contributed by atoms with van der Waals surface area (Å²) in [5.41, 5.74) is 7.88. The highest BCUT2D eigenvalue weighted by molar-refractivity contribution is 9.10. The Bertz CT molecular complexity index is 933. The molecule has 1 amide bonds. The Balaban J connectivity index is 1.82. The van der Waals surface area contributed by atoms with Gasteiger partial charge >= 0.3 is 0 Å². The van der Waals surface area contributed by atoms with Gasteiger partial charge in [-0.15, -0.1) is 16.4 Å². The zero-order valence-electron chi connectivity index (χ0n) is 13.4. The van der Waals surface area contributed by atoms with E-state index < -0.39 is 5.91 Å². The molecule has 2 aromatic heterocycles. The van der Waals surface area contributed by atoms with Gasteiger partial charge in [0.25, 0.3) is 5.91 Å². The lowest BCUT2D eigenvalue weighted by molar-refractivity contribution is 0.0996. The van der Waals surface area contributed by atoms with Crippen molar-refractivity contribution < 1.29 is 4.79 Å². The molecule has 0 radical (unpaired) electrons. The second-order valence-corrected chi connectivity index (χ2v) is 9.27. The van der Waals surface area contributed by atoms with E-state index in [4.69, 9.17) is 5.73 Å². The minimum Gasteiger partial charge on any atom is -0.364 e. The molecule has 3 heterocycles. The van der Waals surface area contributed by atoms with Gasteiger partial charge in [-0.05, 0) is 54.0 Å². The highest BCUT2D eigenvalue weighted by Gasteiger charge is 2.22. The quantitative estimate of drug-likeness (QED) is 0.656. The molecule has 3 aromatic rings. The molecule has 25 heavy (non-hydrogen) atoms. The van der Waals surface area contributed by atoms with E-state index in [1.54, 1.807) is 11.3 Å². The third-order valence-electron chi connectivity index (χ3n) is 4.40. The Kier molecular flexibility index (Phi) is 4.80. The topological polar surface area (TPSA) is 68.9 Å². The first-order valence-electron chi connectivity index (χ1n) is 8.04. The number of benzene rings is 1. The number of halogens is 1. The number of nitrogens with zero attached hydrogens (tertiary/aromatic N) is 2. The molecule has 1 fully saturated rings. The van der Waals surface area contributed by atoms with Gasteiger partial charge in [0, 0.05) is 14.7 Å². The van der Waals surface area contributed by atoms with Gasteiger partial charge in [0.15, 0.2) is 5.69 Å². The molecule has 4 rings (SSSR count). The molecule has 0 bridgehead atoms. The molecule has 128 valence electrons. The summed E-state index contributed by atoms with van der Waals surface area (Å²) in [5, 5.41) is 9.51. The maximum absolute atomic E-state index is 11.8. The number of amides is 1. The van der Waals surface area contributed by atoms with Crippen molar-refractivity contribution in [2.24, 2.45) is 11.7 Å². The molecule has 1 aliphatic rings. The fourth-order valence-corrected chi connectivity index (χ4v) is 5.80. The molecule has 1 saturated heterocycles. The second kappa shape index (κ2) is 7.05. The average Bonchev–Trinajstić information content (AvgIpc) is 3.25. The fraction of sp³-hybridized carbons (Fsp3) is 0.278. The Labute approximate surface area is 162 Å². The summed E-state index contributed by atoms with van der Waals surface area (Å²) >= 11 is 7.02. The lowest BCUT2D eigenvalue weighted by Gasteiger charge is -2.08. The number of carbonyl (C=O) groups is 1. The number of hydrogen-bond acceptors (Lipinski definition) is 5. The Morgan fingerprint density at radius 3 is 2.76 bits per heavy atom. The van der Waals surface area contributed by atoms with Crippen LogP contribution in [0.1, 0.15) is 22.6 Å². The van der Waals surface area contributed by atoms with Crippen LogP contribution in [0.5, 0.6) is 0 Å². The number of thioether (sulfide) groups is 1. The fourth-order valence-electron chi connectivity index (χ4n) is 3.08. The van der Waals surface area contributed by atoms with Crippen LogP contribution < -0.4 is 5.73 Å². The highest BCUT2D eigenvalue weighted by atomic mass is 79.9. The van der Waals surface area contributed by atoms with Crippen LogP contribution >= 0.6 is 39.0 Å². The largest absolute Gasteiger partial charge is 0.364 e. The van der Waals surface area contributed by atoms with Crippen LogP contribution in [0.15, 0.2) is 34.8 Å². The van der Waals surface area contributed by atoms with Crippen molar-refractivity contribution in [3.63, 3.8) is 0 Å². The molecule has 2 N–H and O–H groups in total. The van der Waals surface area contributed by atoms with E-state index in [0.29, 0.717) is 5.92 Å². The Morgan fingerprint density at radius 1 is 1.28 bits per heavy atom. The van der Waals surface area contributed by atoms with Crippen LogP contribution in [0.25, 0.3) is 20.5 Å². The molecule has 0 spiro atoms. The van der Waals surface area contributed by atoms with Crippen LogP contribution in [0.3, 0.4) is 0 Å². The van der Waals surface area contributed by atoms with Crippen molar-refractivity contribution in [3.05, 3.63) is 46.2 Å². The number of rotatable bonds is 4. The third kappa shape index (κ3) is 3.45. The van der Waals surface area contributed by atoms with Crippen LogP contribution in [-0.4, -0.2) is 27.6 Å². The first-order chi connectivity index (χ1) is 12.1. The first-order valence-corrected chi connectivity index (χ1v) is 10.8. The molecular weight excluding hydrogens is 418 g/mol. The van der Waals surface area contributed by atoms with Crippen molar-refractivity contribution in [1.29, 1.82) is 0 Å². The summed E-state index contributed by atoms with van der Waals surface area (Å²) in [6.45, 7) is 0. The highest BCUT2D eigenvalue weighted by Crippen LogP contribution is 2.37. The van der Waals surface area contributed by atoms with Gasteiger partial charge in [0.2, 0.25) is 0 Å². The van der Waals surface area contributed by atoms with E-state index in [1.165, 1.54) is 17.9 Å². The zero-order chi connectivity index (χ0) is 17.4. The van der Waals surface area contributed by atoms with Gasteiger partial charge in [-0.25, -0.2) is 0 Å². The molecular formula is C18H16BrN3OS2. The molecule has 1 aromatic carbocycles. The smallest absolute Gasteiger partial charge is 0.270 e. The number of fused-ring (bicyclic) bond motifs is 1. The monoisotopic (exact) mass is 433 g/mol. The van der Waals surface area contributed by atoms with Crippen LogP contribution in [-0.2, 0) is 6.42 Å². The van der Waals surface area contributed by atoms with Gasteiger partial charge in [0.05, 0.1) is 10.4 Å². The summed E-state index contributed by atoms with van der Waals surface area (Å²) in [6, 6.07) is 10.3. The van der Waals surface area contributed by atoms with Crippen molar-refractivity contribution in [2.75, 3.05) is 11.5 Å². The predicted molar refractivity (Wildman–Crippen MR) is 108 cm³/mol. The van der Waals surface area contributed by atoms with E-state index >= 15 is 0 Å². The van der Waals surface area contributed by atoms with Crippen molar-refractivity contribution >= 4 is 55.0 Å². The molecule has 7 heteroatoms. The molecule has 1 unspecified atom stereocenters. The van der Waals surface area contributed by atoms with Crippen molar-refractivity contribution in [3.8, 4) is 10.4 Å². The average molecular weight is 434 g/mol. The number of carbonyl (C=O) groups excluding carboxylic acids is 1. The van der Waals surface area contributed by atoms with Gasteiger partial charge in [0.1, 0.15) is 0 Å². The van der Waals surface area contributed by atoms with Crippen molar-refractivity contribution in [1.82, 2.24) is 10.2 Å². The number of thiophene rings is 1. The summed E-state index contributed by atoms with van der Waals surface area (Å²) in [5.74, 6) is 2.50. The van der Waals surface area contributed by atoms with E-state index in [1.807, 2.05) is 23.9 Å². The predicted octanol–water partition coefficient (Wildman–Crippen LogP) is 4.52. The molecule has 1 aliphatic heterocycles. The maximum atomic E-state index is 11.8. The molecule has 4 nitrogen and oxygen atoms in total. The van der Waals surface area contributed by atoms with Gasteiger partial charge in [-0.1, -0.05) is 28.1 Å². The lowest BCUT2D eigenvalue weighted by atomic mass is 10.0. The van der Waals surface area contributed by atoms with Gasteiger partial charge < -0.3 is 5.73 Å². The van der Waals surface area contributed by atoms with Gasteiger partial charge in [-0.3, -0.25) is 4.79 Å². The molecule has 0 saturated carbocycles. The van der Waals surface area contributed by atoms with E-state index in [-0.39, 0.29) is 5.69 Å². The van der Waals surface area contributed by atoms with Crippen LogP contribution in [0.2, 0.25) is 0 Å². The number of hydrogen-bond donors (Lipinski definition) is 1. The summed E-state index contributed by atoms with van der Waals surface area (Å²) in [6.07, 6.45) is 2.13. The van der Waals surface area contributed by atoms with Crippen molar-refractivity contribution in [2.45, 2.75) is 12.8 Å². The normalized spacial score (nSPS) is 17.2. The summed E-state index contributed by atoms with van der Waals surface area (Å²) < 4.78 is 1.89. The minimum atomic E-state index is -0.523. The van der Waals surface area contributed by atoms with E-state index in [9.17, 15) is 4.79 Å². The third-order valence-corrected chi connectivity index (χ3v) is 7.35. The SMILES string of the molecule is NC(=O)c1nnc(CC2CCSC2)c2cc(-c3ccc(Br)cc3)sc12. The van der Waals surface area contributed by atoms with Gasteiger partial charge in [-0.2, -0.15) is 16.9 Å². The molecule has 0 aliphatic carbocycles.